The molecule has 0 fully saturated rings. The minimum Gasteiger partial charge on any atom is -0.349 e. The van der Waals surface area contributed by atoms with Crippen molar-refractivity contribution in [2.75, 3.05) is 0 Å². The lowest BCUT2D eigenvalue weighted by molar-refractivity contribution is 0.0927. The maximum atomic E-state index is 12.8. The monoisotopic (exact) mass is 397 g/mol. The fourth-order valence-corrected chi connectivity index (χ4v) is 3.82. The van der Waals surface area contributed by atoms with Gasteiger partial charge in [0.25, 0.3) is 11.7 Å². The molecule has 3 rings (SSSR count). The van der Waals surface area contributed by atoms with Crippen LogP contribution in [0.25, 0.3) is 5.78 Å². The van der Waals surface area contributed by atoms with Crippen LogP contribution >= 0.6 is 11.8 Å². The average molecular weight is 398 g/mol. The van der Waals surface area contributed by atoms with Crippen LogP contribution in [0.5, 0.6) is 0 Å². The second kappa shape index (κ2) is 8.73. The smallest absolute Gasteiger partial charge is 0.253 e. The zero-order chi connectivity index (χ0) is 20.3. The highest BCUT2D eigenvalue weighted by atomic mass is 32.2. The third-order valence-electron chi connectivity index (χ3n) is 5.07. The second-order valence-electron chi connectivity index (χ2n) is 7.24. The highest BCUT2D eigenvalue weighted by Gasteiger charge is 2.17. The molecular formula is C21H27N5OS. The molecule has 0 saturated carbocycles. The number of amides is 1. The summed E-state index contributed by atoms with van der Waals surface area (Å²) in [5.74, 6) is 1.64. The highest BCUT2D eigenvalue weighted by molar-refractivity contribution is 7.98. The Labute approximate surface area is 170 Å². The number of rotatable bonds is 7. The van der Waals surface area contributed by atoms with Gasteiger partial charge in [0.2, 0.25) is 5.16 Å². The lowest BCUT2D eigenvalue weighted by Gasteiger charge is -2.20. The summed E-state index contributed by atoms with van der Waals surface area (Å²) in [7, 11) is 0. The summed E-state index contributed by atoms with van der Waals surface area (Å²) >= 11 is 1.51. The number of hydrogen-bond acceptors (Lipinski definition) is 5. The van der Waals surface area contributed by atoms with Crippen molar-refractivity contribution in [1.29, 1.82) is 0 Å². The summed E-state index contributed by atoms with van der Waals surface area (Å²) in [5, 5.41) is 8.31. The van der Waals surface area contributed by atoms with Crippen molar-refractivity contribution in [1.82, 2.24) is 24.9 Å². The molecule has 7 heteroatoms. The molecule has 2 aromatic heterocycles. The third-order valence-corrected chi connectivity index (χ3v) is 5.96. The van der Waals surface area contributed by atoms with Gasteiger partial charge in [-0.3, -0.25) is 4.79 Å². The number of aryl methyl sites for hydroxylation is 2. The van der Waals surface area contributed by atoms with Crippen molar-refractivity contribution in [2.24, 2.45) is 5.92 Å². The number of aromatic nitrogens is 4. The van der Waals surface area contributed by atoms with Crippen LogP contribution < -0.4 is 5.32 Å². The Morgan fingerprint density at radius 3 is 2.71 bits per heavy atom. The largest absolute Gasteiger partial charge is 0.349 e. The van der Waals surface area contributed by atoms with Crippen molar-refractivity contribution < 1.29 is 4.79 Å². The number of benzene rings is 1. The molecular weight excluding hydrogens is 370 g/mol. The Morgan fingerprint density at radius 1 is 1.21 bits per heavy atom. The van der Waals surface area contributed by atoms with E-state index in [1.807, 2.05) is 44.2 Å². The minimum absolute atomic E-state index is 0.0277. The molecule has 1 aromatic carbocycles. The predicted octanol–water partition coefficient (Wildman–Crippen LogP) is 4.20. The first-order chi connectivity index (χ1) is 13.4. The number of carbonyl (C=O) groups is 1. The molecule has 0 spiro atoms. The van der Waals surface area contributed by atoms with Gasteiger partial charge >= 0.3 is 0 Å². The zero-order valence-corrected chi connectivity index (χ0v) is 17.9. The predicted molar refractivity (Wildman–Crippen MR) is 113 cm³/mol. The van der Waals surface area contributed by atoms with Crippen molar-refractivity contribution in [3.8, 4) is 0 Å². The van der Waals surface area contributed by atoms with Crippen molar-refractivity contribution in [3.63, 3.8) is 0 Å². The Bertz CT molecular complexity index is 984. The number of nitrogens with one attached hydrogen (secondary N) is 1. The average Bonchev–Trinajstić information content (AvgIpc) is 3.09. The number of fused-ring (bicyclic) bond motifs is 1. The van der Waals surface area contributed by atoms with Gasteiger partial charge in [0.1, 0.15) is 0 Å². The maximum Gasteiger partial charge on any atom is 0.253 e. The summed E-state index contributed by atoms with van der Waals surface area (Å²) in [6, 6.07) is 9.83. The van der Waals surface area contributed by atoms with Crippen LogP contribution in [0.15, 0.2) is 35.5 Å². The summed E-state index contributed by atoms with van der Waals surface area (Å²) in [5.41, 5.74) is 3.60. The van der Waals surface area contributed by atoms with Gasteiger partial charge in [-0.2, -0.15) is 4.98 Å². The van der Waals surface area contributed by atoms with Gasteiger partial charge in [-0.05, 0) is 44.4 Å². The molecule has 2 atom stereocenters. The normalized spacial score (nSPS) is 13.5. The van der Waals surface area contributed by atoms with Gasteiger partial charge in [-0.1, -0.05) is 50.2 Å². The van der Waals surface area contributed by atoms with Gasteiger partial charge in [-0.15, -0.1) is 5.10 Å². The van der Waals surface area contributed by atoms with E-state index in [9.17, 15) is 4.79 Å². The van der Waals surface area contributed by atoms with Gasteiger partial charge in [0.15, 0.2) is 0 Å². The number of carbonyl (C=O) groups excluding carboxylic acids is 1. The van der Waals surface area contributed by atoms with E-state index in [-0.39, 0.29) is 11.9 Å². The van der Waals surface area contributed by atoms with Gasteiger partial charge in [-0.25, -0.2) is 9.50 Å². The van der Waals surface area contributed by atoms with Crippen molar-refractivity contribution in [3.05, 3.63) is 52.8 Å². The van der Waals surface area contributed by atoms with Crippen LogP contribution in [-0.2, 0) is 5.75 Å². The van der Waals surface area contributed by atoms with Crippen LogP contribution in [0.2, 0.25) is 0 Å². The summed E-state index contributed by atoms with van der Waals surface area (Å²) in [6.07, 6.45) is 1.03. The van der Waals surface area contributed by atoms with Gasteiger partial charge in [0.05, 0.1) is 0 Å². The molecule has 0 bridgehead atoms. The van der Waals surface area contributed by atoms with Crippen molar-refractivity contribution in [2.45, 2.75) is 58.0 Å². The Morgan fingerprint density at radius 2 is 1.96 bits per heavy atom. The van der Waals surface area contributed by atoms with Gasteiger partial charge in [0, 0.05) is 28.7 Å². The molecule has 0 radical (unpaired) electrons. The van der Waals surface area contributed by atoms with Crippen molar-refractivity contribution >= 4 is 23.4 Å². The van der Waals surface area contributed by atoms with E-state index in [2.05, 4.69) is 41.2 Å². The van der Waals surface area contributed by atoms with Crippen LogP contribution in [0, 0.1) is 19.8 Å². The van der Waals surface area contributed by atoms with E-state index >= 15 is 0 Å². The third kappa shape index (κ3) is 4.52. The first-order valence-electron chi connectivity index (χ1n) is 9.61. The van der Waals surface area contributed by atoms with E-state index in [1.165, 1.54) is 11.8 Å². The Hall–Kier alpha value is -2.41. The standard InChI is InChI=1S/C21H27N5OS/c1-6-13(2)16(5)23-19(27)18-10-8-7-9-17(18)12-28-21-24-20-22-14(3)11-15(4)26(20)25-21/h7-11,13,16H,6,12H2,1-5H3,(H,23,27)/t13-,16-/m1/s1. The van der Waals surface area contributed by atoms with Crippen LogP contribution in [0.4, 0.5) is 0 Å². The molecule has 28 heavy (non-hydrogen) atoms. The summed E-state index contributed by atoms with van der Waals surface area (Å²) in [6.45, 7) is 10.3. The first kappa shape index (κ1) is 20.3. The molecule has 1 N–H and O–H groups in total. The van der Waals surface area contributed by atoms with E-state index in [0.29, 0.717) is 28.2 Å². The van der Waals surface area contributed by atoms with Crippen LogP contribution in [-0.4, -0.2) is 31.5 Å². The minimum atomic E-state index is -0.0277. The molecule has 0 unspecified atom stereocenters. The molecule has 1 amide bonds. The Balaban J connectivity index is 1.75. The molecule has 148 valence electrons. The van der Waals surface area contributed by atoms with Crippen LogP contribution in [0.1, 0.15) is 54.5 Å². The molecule has 0 aliphatic heterocycles. The first-order valence-corrected chi connectivity index (χ1v) is 10.6. The molecule has 0 saturated heterocycles. The zero-order valence-electron chi connectivity index (χ0n) is 17.1. The van der Waals surface area contributed by atoms with Crippen LogP contribution in [0.3, 0.4) is 0 Å². The molecule has 0 aliphatic carbocycles. The fraction of sp³-hybridized carbons (Fsp3) is 0.429. The van der Waals surface area contributed by atoms with E-state index < -0.39 is 0 Å². The lowest BCUT2D eigenvalue weighted by Crippen LogP contribution is -2.37. The highest BCUT2D eigenvalue weighted by Crippen LogP contribution is 2.23. The van der Waals surface area contributed by atoms with Gasteiger partial charge < -0.3 is 5.32 Å². The fourth-order valence-electron chi connectivity index (χ4n) is 3.00. The number of hydrogen-bond donors (Lipinski definition) is 1. The quantitative estimate of drug-likeness (QED) is 0.605. The second-order valence-corrected chi connectivity index (χ2v) is 8.18. The number of nitrogens with zero attached hydrogens (tertiary/aromatic N) is 4. The van der Waals surface area contributed by atoms with E-state index in [1.54, 1.807) is 4.52 Å². The topological polar surface area (TPSA) is 72.2 Å². The Kier molecular flexibility index (Phi) is 6.34. The van der Waals surface area contributed by atoms with E-state index in [0.717, 1.165) is 23.4 Å². The molecule has 6 nitrogen and oxygen atoms in total. The maximum absolute atomic E-state index is 12.8. The lowest BCUT2D eigenvalue weighted by atomic mass is 10.00. The molecule has 3 aromatic rings. The number of thioether (sulfide) groups is 1. The SMILES string of the molecule is CC[C@@H](C)[C@@H](C)NC(=O)c1ccccc1CSc1nc2nc(C)cc(C)n2n1. The molecule has 2 heterocycles. The molecule has 0 aliphatic rings. The summed E-state index contributed by atoms with van der Waals surface area (Å²) in [4.78, 5) is 21.7. The summed E-state index contributed by atoms with van der Waals surface area (Å²) < 4.78 is 1.75. The van der Waals surface area contributed by atoms with E-state index in [4.69, 9.17) is 0 Å².